The van der Waals surface area contributed by atoms with E-state index in [2.05, 4.69) is 4.72 Å². The van der Waals surface area contributed by atoms with Crippen molar-refractivity contribution in [3.8, 4) is 6.07 Å². The summed E-state index contributed by atoms with van der Waals surface area (Å²) in [5, 5.41) is 13.6. The highest BCUT2D eigenvalue weighted by Crippen LogP contribution is 2.16. The van der Waals surface area contributed by atoms with Crippen LogP contribution in [0, 0.1) is 18.3 Å². The van der Waals surface area contributed by atoms with E-state index in [0.717, 1.165) is 0 Å². The Labute approximate surface area is 118 Å². The summed E-state index contributed by atoms with van der Waals surface area (Å²) in [5.74, 6) is -0.299. The van der Waals surface area contributed by atoms with Crippen LogP contribution in [0.3, 0.4) is 0 Å². The van der Waals surface area contributed by atoms with Crippen molar-refractivity contribution in [3.63, 3.8) is 0 Å². The normalized spacial score (nSPS) is 12.1. The number of benzene rings is 1. The molecule has 0 bridgehead atoms. The fraction of sp³-hybridized carbons (Fsp3) is 0.364. The Hall–Kier alpha value is -1.47. The molecule has 0 aliphatic heterocycles. The largest absolute Gasteiger partial charge is 0.240 e. The molecule has 0 heterocycles. The quantitative estimate of drug-likeness (QED) is 0.703. The first-order chi connectivity index (χ1) is 9.15. The van der Waals surface area contributed by atoms with Crippen molar-refractivity contribution in [2.45, 2.75) is 18.2 Å². The lowest BCUT2D eigenvalue weighted by atomic mass is 10.2. The summed E-state index contributed by atoms with van der Waals surface area (Å²) < 4.78 is 47.8. The number of primary sulfonamides is 1. The number of nitrogens with one attached hydrogen (secondary N) is 1. The minimum Gasteiger partial charge on any atom is -0.229 e. The van der Waals surface area contributed by atoms with E-state index in [9.17, 15) is 16.8 Å². The van der Waals surface area contributed by atoms with Crippen LogP contribution in [0.15, 0.2) is 23.1 Å². The number of sulfonamides is 2. The molecule has 0 unspecified atom stereocenters. The minimum atomic E-state index is -3.78. The van der Waals surface area contributed by atoms with Crippen LogP contribution >= 0.6 is 0 Å². The fourth-order valence-corrected chi connectivity index (χ4v) is 3.41. The van der Waals surface area contributed by atoms with E-state index in [4.69, 9.17) is 10.4 Å². The summed E-state index contributed by atoms with van der Waals surface area (Å²) in [6.07, 6.45) is 0.0784. The van der Waals surface area contributed by atoms with Gasteiger partial charge in [0.25, 0.3) is 0 Å². The molecular formula is C11H15N3O4S2. The first kappa shape index (κ1) is 16.6. The van der Waals surface area contributed by atoms with Gasteiger partial charge in [-0.25, -0.2) is 26.7 Å². The number of nitriles is 1. The van der Waals surface area contributed by atoms with Gasteiger partial charge in [-0.2, -0.15) is 5.26 Å². The molecule has 110 valence electrons. The summed E-state index contributed by atoms with van der Waals surface area (Å²) in [5.41, 5.74) is 0.739. The molecule has 9 heteroatoms. The van der Waals surface area contributed by atoms with E-state index in [0.29, 0.717) is 5.56 Å². The lowest BCUT2D eigenvalue weighted by molar-refractivity contribution is 0.576. The second-order valence-corrected chi connectivity index (χ2v) is 7.68. The standard InChI is InChI=1S/C11H15N3O4S2/c1-9-3-4-10(8-12)7-11(9)20(17,18)14-5-2-6-19(13,15)16/h3-4,7,14H,2,5-6H2,1H3,(H2,13,15,16). The van der Waals surface area contributed by atoms with Gasteiger partial charge in [0.1, 0.15) is 0 Å². The van der Waals surface area contributed by atoms with Crippen LogP contribution in [0.2, 0.25) is 0 Å². The summed E-state index contributed by atoms with van der Waals surface area (Å²) >= 11 is 0. The van der Waals surface area contributed by atoms with Gasteiger partial charge in [0.15, 0.2) is 0 Å². The Morgan fingerprint density at radius 3 is 2.50 bits per heavy atom. The molecule has 0 atom stereocenters. The monoisotopic (exact) mass is 317 g/mol. The highest BCUT2D eigenvalue weighted by molar-refractivity contribution is 7.89. The van der Waals surface area contributed by atoms with Gasteiger partial charge in [-0.05, 0) is 31.0 Å². The zero-order valence-corrected chi connectivity index (χ0v) is 12.5. The summed E-state index contributed by atoms with van der Waals surface area (Å²) in [7, 11) is -7.38. The third kappa shape index (κ3) is 4.90. The molecule has 0 amide bonds. The van der Waals surface area contributed by atoms with Crippen molar-refractivity contribution in [1.29, 1.82) is 5.26 Å². The lowest BCUT2D eigenvalue weighted by Gasteiger charge is -2.09. The van der Waals surface area contributed by atoms with Crippen LogP contribution < -0.4 is 9.86 Å². The van der Waals surface area contributed by atoms with Crippen LogP contribution in [-0.4, -0.2) is 29.1 Å². The number of nitrogens with zero attached hydrogens (tertiary/aromatic N) is 1. The highest BCUT2D eigenvalue weighted by atomic mass is 32.2. The molecule has 0 saturated carbocycles. The molecule has 0 radical (unpaired) electrons. The zero-order chi connectivity index (χ0) is 15.4. The number of nitrogens with two attached hydrogens (primary N) is 1. The molecule has 1 aromatic carbocycles. The van der Waals surface area contributed by atoms with Crippen LogP contribution in [0.1, 0.15) is 17.5 Å². The van der Waals surface area contributed by atoms with Gasteiger partial charge in [0, 0.05) is 6.54 Å². The Kier molecular flexibility index (Phi) is 5.24. The molecule has 3 N–H and O–H groups in total. The van der Waals surface area contributed by atoms with E-state index in [1.807, 2.05) is 6.07 Å². The molecular weight excluding hydrogens is 302 g/mol. The van der Waals surface area contributed by atoms with Crippen LogP contribution in [0.5, 0.6) is 0 Å². The maximum absolute atomic E-state index is 12.0. The van der Waals surface area contributed by atoms with Crippen LogP contribution in [0.4, 0.5) is 0 Å². The van der Waals surface area contributed by atoms with Crippen molar-refractivity contribution < 1.29 is 16.8 Å². The van der Waals surface area contributed by atoms with Gasteiger partial charge in [-0.15, -0.1) is 0 Å². The van der Waals surface area contributed by atoms with Gasteiger partial charge in [0.05, 0.1) is 22.3 Å². The average Bonchev–Trinajstić information content (AvgIpc) is 2.34. The van der Waals surface area contributed by atoms with E-state index in [-0.39, 0.29) is 29.2 Å². The van der Waals surface area contributed by atoms with Gasteiger partial charge in [-0.3, -0.25) is 0 Å². The maximum Gasteiger partial charge on any atom is 0.240 e. The molecule has 7 nitrogen and oxygen atoms in total. The molecule has 0 saturated heterocycles. The van der Waals surface area contributed by atoms with Crippen molar-refractivity contribution in [3.05, 3.63) is 29.3 Å². The fourth-order valence-electron chi connectivity index (χ4n) is 1.52. The van der Waals surface area contributed by atoms with Gasteiger partial charge >= 0.3 is 0 Å². The zero-order valence-electron chi connectivity index (χ0n) is 10.8. The second-order valence-electron chi connectivity index (χ2n) is 4.21. The highest BCUT2D eigenvalue weighted by Gasteiger charge is 2.17. The Morgan fingerprint density at radius 2 is 1.95 bits per heavy atom. The van der Waals surface area contributed by atoms with Crippen molar-refractivity contribution in [2.24, 2.45) is 5.14 Å². The predicted octanol–water partition coefficient (Wildman–Crippen LogP) is -0.176. The molecule has 0 aliphatic carbocycles. The van der Waals surface area contributed by atoms with E-state index in [1.165, 1.54) is 18.2 Å². The first-order valence-electron chi connectivity index (χ1n) is 5.66. The van der Waals surface area contributed by atoms with Gasteiger partial charge in [-0.1, -0.05) is 6.07 Å². The molecule has 0 spiro atoms. The number of aryl methyl sites for hydroxylation is 1. The molecule has 1 aromatic rings. The van der Waals surface area contributed by atoms with Crippen molar-refractivity contribution >= 4 is 20.0 Å². The number of rotatable bonds is 6. The predicted molar refractivity (Wildman–Crippen MR) is 73.7 cm³/mol. The Balaban J connectivity index is 2.82. The third-order valence-corrected chi connectivity index (χ3v) is 4.97. The smallest absolute Gasteiger partial charge is 0.229 e. The lowest BCUT2D eigenvalue weighted by Crippen LogP contribution is -2.28. The van der Waals surface area contributed by atoms with E-state index >= 15 is 0 Å². The molecule has 0 fully saturated rings. The van der Waals surface area contributed by atoms with Crippen LogP contribution in [0.25, 0.3) is 0 Å². The molecule has 0 aromatic heterocycles. The molecule has 20 heavy (non-hydrogen) atoms. The third-order valence-electron chi connectivity index (χ3n) is 2.50. The SMILES string of the molecule is Cc1ccc(C#N)cc1S(=O)(=O)NCCCS(N)(=O)=O. The van der Waals surface area contributed by atoms with Gasteiger partial charge in [0.2, 0.25) is 20.0 Å². The summed E-state index contributed by atoms with van der Waals surface area (Å²) in [6, 6.07) is 6.20. The molecule has 0 aliphatic rings. The average molecular weight is 317 g/mol. The van der Waals surface area contributed by atoms with Crippen LogP contribution in [-0.2, 0) is 20.0 Å². The molecule has 1 rings (SSSR count). The summed E-state index contributed by atoms with van der Waals surface area (Å²) in [6.45, 7) is 1.56. The van der Waals surface area contributed by atoms with Crippen molar-refractivity contribution in [2.75, 3.05) is 12.3 Å². The van der Waals surface area contributed by atoms with E-state index in [1.54, 1.807) is 6.92 Å². The second kappa shape index (κ2) is 6.32. The summed E-state index contributed by atoms with van der Waals surface area (Å²) in [4.78, 5) is 0.00663. The Bertz CT molecular complexity index is 733. The minimum absolute atomic E-state index is 0.00663. The Morgan fingerprint density at radius 1 is 1.30 bits per heavy atom. The van der Waals surface area contributed by atoms with E-state index < -0.39 is 20.0 Å². The van der Waals surface area contributed by atoms with Crippen molar-refractivity contribution in [1.82, 2.24) is 4.72 Å². The topological polar surface area (TPSA) is 130 Å². The first-order valence-corrected chi connectivity index (χ1v) is 8.86. The van der Waals surface area contributed by atoms with Gasteiger partial charge < -0.3 is 0 Å². The maximum atomic E-state index is 12.0. The number of hydrogen-bond acceptors (Lipinski definition) is 5. The number of hydrogen-bond donors (Lipinski definition) is 2.